The predicted molar refractivity (Wildman–Crippen MR) is 115 cm³/mol. The molecule has 0 saturated carbocycles. The van der Waals surface area contributed by atoms with Crippen molar-refractivity contribution >= 4 is 11.6 Å². The van der Waals surface area contributed by atoms with E-state index in [9.17, 15) is 4.79 Å². The number of hydrogen-bond acceptors (Lipinski definition) is 5. The Kier molecular flexibility index (Phi) is 5.34. The molecule has 1 atom stereocenters. The molecular weight excluding hydrogens is 394 g/mol. The number of nitrogens with zero attached hydrogens (tertiary/aromatic N) is 2. The monoisotopic (exact) mass is 419 g/mol. The second kappa shape index (κ2) is 8.43. The van der Waals surface area contributed by atoms with Crippen LogP contribution in [0.2, 0.25) is 0 Å². The van der Waals surface area contributed by atoms with E-state index in [0.29, 0.717) is 44.9 Å². The van der Waals surface area contributed by atoms with Crippen LogP contribution in [0.3, 0.4) is 0 Å². The molecule has 2 aliphatic heterocycles. The summed E-state index contributed by atoms with van der Waals surface area (Å²) in [5.74, 6) is 1.48. The van der Waals surface area contributed by atoms with Crippen molar-refractivity contribution in [1.82, 2.24) is 9.78 Å². The van der Waals surface area contributed by atoms with E-state index in [1.165, 1.54) is 0 Å². The van der Waals surface area contributed by atoms with E-state index in [-0.39, 0.29) is 12.0 Å². The molecule has 3 aromatic rings. The predicted octanol–water partition coefficient (Wildman–Crippen LogP) is 3.41. The van der Waals surface area contributed by atoms with Crippen molar-refractivity contribution in [2.75, 3.05) is 25.1 Å². The molecule has 1 fully saturated rings. The third kappa shape index (κ3) is 4.01. The summed E-state index contributed by atoms with van der Waals surface area (Å²) in [7, 11) is 0. The summed E-state index contributed by atoms with van der Waals surface area (Å²) in [4.78, 5) is 13.4. The van der Waals surface area contributed by atoms with Gasteiger partial charge < -0.3 is 19.5 Å². The number of ether oxygens (including phenoxy) is 3. The van der Waals surface area contributed by atoms with Gasteiger partial charge in [0.1, 0.15) is 6.61 Å². The van der Waals surface area contributed by atoms with Crippen molar-refractivity contribution in [3.63, 3.8) is 0 Å². The Morgan fingerprint density at radius 1 is 1.06 bits per heavy atom. The van der Waals surface area contributed by atoms with E-state index in [4.69, 9.17) is 14.2 Å². The number of hydrogen-bond donors (Lipinski definition) is 1. The normalized spacial score (nSPS) is 19.5. The van der Waals surface area contributed by atoms with Crippen LogP contribution >= 0.6 is 0 Å². The van der Waals surface area contributed by atoms with Gasteiger partial charge in [-0.2, -0.15) is 5.10 Å². The lowest BCUT2D eigenvalue weighted by atomic mass is 9.73. The molecule has 1 N–H and O–H groups in total. The minimum Gasteiger partial charge on any atom is -0.486 e. The summed E-state index contributed by atoms with van der Waals surface area (Å²) >= 11 is 0. The molecule has 31 heavy (non-hydrogen) atoms. The van der Waals surface area contributed by atoms with Gasteiger partial charge in [-0.25, -0.2) is 0 Å². The Morgan fingerprint density at radius 2 is 1.81 bits per heavy atom. The number of amides is 1. The Balaban J connectivity index is 1.27. The number of benzene rings is 2. The molecular formula is C24H25N3O4. The molecule has 0 unspecified atom stereocenters. The molecule has 1 saturated heterocycles. The van der Waals surface area contributed by atoms with Gasteiger partial charge in [0, 0.05) is 19.4 Å². The highest BCUT2D eigenvalue weighted by Gasteiger charge is 2.41. The zero-order valence-electron chi connectivity index (χ0n) is 17.2. The highest BCUT2D eigenvalue weighted by molar-refractivity contribution is 5.99. The standard InChI is InChI=1S/C24H25N3O4/c28-23(24(10-12-29-13-11-24)18-6-2-1-3-7-18)26-19-14-25-27(15-19)16-20-17-30-21-8-4-5-9-22(21)31-20/h1-9,14-15,20H,10-13,16-17H2,(H,26,28)/t20-/m0/s1. The minimum atomic E-state index is -0.592. The number of nitrogens with one attached hydrogen (secondary N) is 1. The van der Waals surface area contributed by atoms with Gasteiger partial charge >= 0.3 is 0 Å². The van der Waals surface area contributed by atoms with E-state index in [2.05, 4.69) is 10.4 Å². The Bertz CT molecular complexity index is 1040. The number of para-hydroxylation sites is 2. The maximum atomic E-state index is 13.4. The molecule has 1 amide bonds. The van der Waals surface area contributed by atoms with Gasteiger partial charge in [-0.1, -0.05) is 42.5 Å². The van der Waals surface area contributed by atoms with Crippen molar-refractivity contribution in [3.8, 4) is 11.5 Å². The zero-order chi connectivity index (χ0) is 21.1. The van der Waals surface area contributed by atoms with Gasteiger partial charge in [-0.3, -0.25) is 9.48 Å². The van der Waals surface area contributed by atoms with E-state index in [0.717, 1.165) is 17.1 Å². The second-order valence-corrected chi connectivity index (χ2v) is 7.96. The summed E-state index contributed by atoms with van der Waals surface area (Å²) in [6.07, 6.45) is 4.67. The van der Waals surface area contributed by atoms with Gasteiger partial charge in [0.05, 0.1) is 23.8 Å². The van der Waals surface area contributed by atoms with Crippen LogP contribution in [0.15, 0.2) is 67.0 Å². The first-order valence-electron chi connectivity index (χ1n) is 10.6. The van der Waals surface area contributed by atoms with E-state index >= 15 is 0 Å². The number of aromatic nitrogens is 2. The third-order valence-corrected chi connectivity index (χ3v) is 5.96. The van der Waals surface area contributed by atoms with Crippen LogP contribution in [0.4, 0.5) is 5.69 Å². The smallest absolute Gasteiger partial charge is 0.235 e. The van der Waals surface area contributed by atoms with Crippen LogP contribution in [-0.4, -0.2) is 41.6 Å². The first kappa shape index (κ1) is 19.6. The topological polar surface area (TPSA) is 74.6 Å². The number of carbonyl (C=O) groups excluding carboxylic acids is 1. The Hall–Kier alpha value is -3.32. The summed E-state index contributed by atoms with van der Waals surface area (Å²) < 4.78 is 19.1. The molecule has 160 valence electrons. The number of fused-ring (bicyclic) bond motifs is 1. The summed E-state index contributed by atoms with van der Waals surface area (Å²) in [6.45, 7) is 2.13. The van der Waals surface area contributed by atoms with Crippen molar-refractivity contribution in [1.29, 1.82) is 0 Å². The van der Waals surface area contributed by atoms with Crippen LogP contribution in [0.25, 0.3) is 0 Å². The first-order valence-corrected chi connectivity index (χ1v) is 10.6. The van der Waals surface area contributed by atoms with Crippen LogP contribution < -0.4 is 14.8 Å². The SMILES string of the molecule is O=C(Nc1cnn(C[C@H]2COc3ccccc3O2)c1)C1(c2ccccc2)CCOCC1. The van der Waals surface area contributed by atoms with E-state index < -0.39 is 5.41 Å². The molecule has 2 aliphatic rings. The van der Waals surface area contributed by atoms with Crippen molar-refractivity contribution < 1.29 is 19.0 Å². The molecule has 7 nitrogen and oxygen atoms in total. The quantitative estimate of drug-likeness (QED) is 0.686. The van der Waals surface area contributed by atoms with Crippen molar-refractivity contribution in [2.24, 2.45) is 0 Å². The van der Waals surface area contributed by atoms with E-state index in [1.807, 2.05) is 60.8 Å². The summed E-state index contributed by atoms with van der Waals surface area (Å²) in [6, 6.07) is 17.6. The fraction of sp³-hybridized carbons (Fsp3) is 0.333. The largest absolute Gasteiger partial charge is 0.486 e. The fourth-order valence-corrected chi connectivity index (χ4v) is 4.26. The fourth-order valence-electron chi connectivity index (χ4n) is 4.26. The molecule has 5 rings (SSSR count). The van der Waals surface area contributed by atoms with Gasteiger partial charge in [-0.15, -0.1) is 0 Å². The van der Waals surface area contributed by atoms with Gasteiger partial charge in [0.25, 0.3) is 0 Å². The number of rotatable bonds is 5. The lowest BCUT2D eigenvalue weighted by Gasteiger charge is -2.36. The maximum Gasteiger partial charge on any atom is 0.235 e. The van der Waals surface area contributed by atoms with Gasteiger partial charge in [0.2, 0.25) is 5.91 Å². The van der Waals surface area contributed by atoms with Crippen LogP contribution in [0.5, 0.6) is 11.5 Å². The summed E-state index contributed by atoms with van der Waals surface area (Å²) in [5.41, 5.74) is 1.10. The molecule has 0 bridgehead atoms. The molecule has 0 aliphatic carbocycles. The highest BCUT2D eigenvalue weighted by Crippen LogP contribution is 2.36. The second-order valence-electron chi connectivity index (χ2n) is 7.96. The molecule has 1 aromatic heterocycles. The third-order valence-electron chi connectivity index (χ3n) is 5.96. The van der Waals surface area contributed by atoms with Gasteiger partial charge in [0.15, 0.2) is 17.6 Å². The Labute approximate surface area is 180 Å². The maximum absolute atomic E-state index is 13.4. The minimum absolute atomic E-state index is 0.0206. The van der Waals surface area contributed by atoms with Crippen LogP contribution in [-0.2, 0) is 21.5 Å². The average molecular weight is 419 g/mol. The van der Waals surface area contributed by atoms with Crippen molar-refractivity contribution in [2.45, 2.75) is 30.9 Å². The number of anilines is 1. The molecule has 0 radical (unpaired) electrons. The zero-order valence-corrected chi connectivity index (χ0v) is 17.2. The first-order chi connectivity index (χ1) is 15.2. The molecule has 2 aromatic carbocycles. The van der Waals surface area contributed by atoms with Crippen molar-refractivity contribution in [3.05, 3.63) is 72.6 Å². The van der Waals surface area contributed by atoms with Crippen LogP contribution in [0, 0.1) is 0 Å². The average Bonchev–Trinajstić information content (AvgIpc) is 3.26. The lowest BCUT2D eigenvalue weighted by molar-refractivity contribution is -0.125. The van der Waals surface area contributed by atoms with E-state index in [1.54, 1.807) is 10.9 Å². The number of carbonyl (C=O) groups is 1. The van der Waals surface area contributed by atoms with Crippen LogP contribution in [0.1, 0.15) is 18.4 Å². The molecule has 3 heterocycles. The Morgan fingerprint density at radius 3 is 2.61 bits per heavy atom. The van der Waals surface area contributed by atoms with Gasteiger partial charge in [-0.05, 0) is 30.5 Å². The molecule has 7 heteroatoms. The highest BCUT2D eigenvalue weighted by atomic mass is 16.6. The summed E-state index contributed by atoms with van der Waals surface area (Å²) in [5, 5.41) is 7.48. The lowest BCUT2D eigenvalue weighted by Crippen LogP contribution is -2.44. The molecule has 0 spiro atoms.